The zero-order chi connectivity index (χ0) is 14.7. The van der Waals surface area contributed by atoms with Gasteiger partial charge in [-0.3, -0.25) is 0 Å². The Morgan fingerprint density at radius 2 is 2.25 bits per heavy atom. The number of hydrogen-bond acceptors (Lipinski definition) is 5. The molecule has 0 bridgehead atoms. The van der Waals surface area contributed by atoms with Crippen LogP contribution in [0.4, 0.5) is 5.82 Å². The summed E-state index contributed by atoms with van der Waals surface area (Å²) in [6.45, 7) is 4.01. The second-order valence-electron chi connectivity index (χ2n) is 4.64. The van der Waals surface area contributed by atoms with Crippen molar-refractivity contribution in [2.45, 2.75) is 19.9 Å². The molecule has 0 aliphatic carbocycles. The topological polar surface area (TPSA) is 74.7 Å². The van der Waals surface area contributed by atoms with Gasteiger partial charge in [-0.05, 0) is 37.4 Å². The van der Waals surface area contributed by atoms with E-state index in [1.165, 1.54) is 4.88 Å². The molecular formula is C14H18N4OS. The van der Waals surface area contributed by atoms with Gasteiger partial charge in [0.05, 0.1) is 6.04 Å². The van der Waals surface area contributed by atoms with E-state index >= 15 is 0 Å². The van der Waals surface area contributed by atoms with Gasteiger partial charge in [0.2, 0.25) is 0 Å². The molecule has 0 spiro atoms. The Labute approximate surface area is 122 Å². The molecule has 5 nitrogen and oxygen atoms in total. The molecular weight excluding hydrogens is 272 g/mol. The van der Waals surface area contributed by atoms with Crippen LogP contribution in [-0.4, -0.2) is 23.1 Å². The SMILES string of the molecule is Cc1cc(/C(N)=N/O)cc(N(C)C(C)c2cccs2)n1. The lowest BCUT2D eigenvalue weighted by Gasteiger charge is -2.25. The fourth-order valence-corrected chi connectivity index (χ4v) is 2.78. The number of aromatic nitrogens is 1. The van der Waals surface area contributed by atoms with Gasteiger partial charge in [0.1, 0.15) is 5.82 Å². The zero-order valence-corrected chi connectivity index (χ0v) is 12.6. The van der Waals surface area contributed by atoms with Crippen molar-refractivity contribution in [3.63, 3.8) is 0 Å². The van der Waals surface area contributed by atoms with Crippen molar-refractivity contribution in [2.24, 2.45) is 10.9 Å². The standard InChI is InChI=1S/C14H18N4OS/c1-9-7-11(14(15)17-19)8-13(16-9)18(3)10(2)12-5-4-6-20-12/h4-8,10,19H,1-3H3,(H2,15,17). The van der Waals surface area contributed by atoms with Crippen molar-refractivity contribution in [3.05, 3.63) is 45.8 Å². The summed E-state index contributed by atoms with van der Waals surface area (Å²) in [6.07, 6.45) is 0. The Morgan fingerprint density at radius 3 is 2.85 bits per heavy atom. The van der Waals surface area contributed by atoms with Crippen LogP contribution in [0.5, 0.6) is 0 Å². The first kappa shape index (κ1) is 14.3. The average molecular weight is 290 g/mol. The molecule has 2 aromatic rings. The molecule has 20 heavy (non-hydrogen) atoms. The van der Waals surface area contributed by atoms with Crippen molar-refractivity contribution in [3.8, 4) is 0 Å². The predicted octanol–water partition coefficient (Wildman–Crippen LogP) is 2.74. The van der Waals surface area contributed by atoms with Gasteiger partial charge < -0.3 is 15.8 Å². The van der Waals surface area contributed by atoms with Gasteiger partial charge in [-0.2, -0.15) is 0 Å². The molecule has 0 radical (unpaired) electrons. The highest BCUT2D eigenvalue weighted by atomic mass is 32.1. The highest BCUT2D eigenvalue weighted by molar-refractivity contribution is 7.10. The number of pyridine rings is 1. The molecule has 0 aliphatic rings. The van der Waals surface area contributed by atoms with Crippen LogP contribution in [-0.2, 0) is 0 Å². The van der Waals surface area contributed by atoms with Gasteiger partial charge in [0, 0.05) is 23.2 Å². The summed E-state index contributed by atoms with van der Waals surface area (Å²) in [5, 5.41) is 13.9. The third kappa shape index (κ3) is 2.91. The highest BCUT2D eigenvalue weighted by Gasteiger charge is 2.16. The first-order valence-electron chi connectivity index (χ1n) is 6.25. The molecule has 2 heterocycles. The van der Waals surface area contributed by atoms with E-state index in [0.717, 1.165) is 11.5 Å². The van der Waals surface area contributed by atoms with Crippen molar-refractivity contribution < 1.29 is 5.21 Å². The maximum Gasteiger partial charge on any atom is 0.170 e. The minimum Gasteiger partial charge on any atom is -0.409 e. The van der Waals surface area contributed by atoms with E-state index in [2.05, 4.69) is 33.4 Å². The van der Waals surface area contributed by atoms with Crippen LogP contribution in [0.1, 0.15) is 29.1 Å². The second-order valence-corrected chi connectivity index (χ2v) is 5.62. The first-order chi connectivity index (χ1) is 9.52. The lowest BCUT2D eigenvalue weighted by atomic mass is 10.2. The number of anilines is 1. The number of nitrogens with two attached hydrogens (primary N) is 1. The monoisotopic (exact) mass is 290 g/mol. The molecule has 2 rings (SSSR count). The van der Waals surface area contributed by atoms with Crippen LogP contribution in [0.3, 0.4) is 0 Å². The summed E-state index contributed by atoms with van der Waals surface area (Å²) in [6, 6.07) is 7.97. The van der Waals surface area contributed by atoms with Crippen LogP contribution in [0.25, 0.3) is 0 Å². The van der Waals surface area contributed by atoms with Crippen molar-refractivity contribution in [1.29, 1.82) is 0 Å². The molecule has 0 saturated carbocycles. The second kappa shape index (κ2) is 5.92. The van der Waals surface area contributed by atoms with E-state index in [1.807, 2.05) is 26.1 Å². The van der Waals surface area contributed by atoms with E-state index < -0.39 is 0 Å². The van der Waals surface area contributed by atoms with E-state index in [4.69, 9.17) is 10.9 Å². The zero-order valence-electron chi connectivity index (χ0n) is 11.7. The molecule has 1 atom stereocenters. The first-order valence-corrected chi connectivity index (χ1v) is 7.13. The largest absolute Gasteiger partial charge is 0.409 e. The van der Waals surface area contributed by atoms with Crippen molar-refractivity contribution >= 4 is 23.0 Å². The third-order valence-electron chi connectivity index (χ3n) is 3.24. The van der Waals surface area contributed by atoms with Crippen molar-refractivity contribution in [1.82, 2.24) is 4.98 Å². The minimum absolute atomic E-state index is 0.0916. The van der Waals surface area contributed by atoms with Crippen LogP contribution in [0, 0.1) is 6.92 Å². The van der Waals surface area contributed by atoms with Crippen LogP contribution in [0.15, 0.2) is 34.8 Å². The average Bonchev–Trinajstić information content (AvgIpc) is 2.98. The van der Waals surface area contributed by atoms with Gasteiger partial charge in [-0.15, -0.1) is 11.3 Å². The summed E-state index contributed by atoms with van der Waals surface area (Å²) < 4.78 is 0. The van der Waals surface area contributed by atoms with Crippen LogP contribution in [0.2, 0.25) is 0 Å². The van der Waals surface area contributed by atoms with Gasteiger partial charge in [-0.1, -0.05) is 11.2 Å². The molecule has 6 heteroatoms. The Kier molecular flexibility index (Phi) is 4.24. The molecule has 0 saturated heterocycles. The van der Waals surface area contributed by atoms with Gasteiger partial charge in [0.25, 0.3) is 0 Å². The fourth-order valence-electron chi connectivity index (χ4n) is 1.96. The normalized spacial score (nSPS) is 13.2. The summed E-state index contributed by atoms with van der Waals surface area (Å²) >= 11 is 1.72. The van der Waals surface area contributed by atoms with E-state index in [0.29, 0.717) is 5.56 Å². The molecule has 1 unspecified atom stereocenters. The number of nitrogens with zero attached hydrogens (tertiary/aromatic N) is 3. The molecule has 0 aromatic carbocycles. The van der Waals surface area contributed by atoms with E-state index in [-0.39, 0.29) is 11.9 Å². The van der Waals surface area contributed by atoms with Crippen LogP contribution >= 0.6 is 11.3 Å². The molecule has 3 N–H and O–H groups in total. The Morgan fingerprint density at radius 1 is 1.50 bits per heavy atom. The molecule has 106 valence electrons. The number of hydrogen-bond donors (Lipinski definition) is 2. The lowest BCUT2D eigenvalue weighted by molar-refractivity contribution is 0.318. The summed E-state index contributed by atoms with van der Waals surface area (Å²) in [7, 11) is 1.99. The number of amidine groups is 1. The van der Waals surface area contributed by atoms with Gasteiger partial charge in [0.15, 0.2) is 5.84 Å². The predicted molar refractivity (Wildman–Crippen MR) is 82.6 cm³/mol. The Hall–Kier alpha value is -2.08. The quantitative estimate of drug-likeness (QED) is 0.393. The number of oxime groups is 1. The minimum atomic E-state index is 0.0916. The number of aryl methyl sites for hydroxylation is 1. The Balaban J connectivity index is 2.34. The van der Waals surface area contributed by atoms with Gasteiger partial charge in [-0.25, -0.2) is 4.98 Å². The van der Waals surface area contributed by atoms with Crippen LogP contribution < -0.4 is 10.6 Å². The van der Waals surface area contributed by atoms with Gasteiger partial charge >= 0.3 is 0 Å². The van der Waals surface area contributed by atoms with Crippen molar-refractivity contribution in [2.75, 3.05) is 11.9 Å². The maximum atomic E-state index is 8.80. The summed E-state index contributed by atoms with van der Waals surface area (Å²) in [4.78, 5) is 7.86. The highest BCUT2D eigenvalue weighted by Crippen LogP contribution is 2.27. The Bertz CT molecular complexity index is 610. The summed E-state index contributed by atoms with van der Waals surface area (Å²) in [5.74, 6) is 0.890. The lowest BCUT2D eigenvalue weighted by Crippen LogP contribution is -2.23. The fraction of sp³-hybridized carbons (Fsp3) is 0.286. The van der Waals surface area contributed by atoms with E-state index in [1.54, 1.807) is 17.4 Å². The third-order valence-corrected chi connectivity index (χ3v) is 4.28. The molecule has 0 fully saturated rings. The number of rotatable bonds is 4. The maximum absolute atomic E-state index is 8.80. The number of thiophene rings is 1. The smallest absolute Gasteiger partial charge is 0.170 e. The summed E-state index contributed by atoms with van der Waals surface area (Å²) in [5.41, 5.74) is 7.15. The molecule has 0 amide bonds. The molecule has 0 aliphatic heterocycles. The molecule has 2 aromatic heterocycles. The van der Waals surface area contributed by atoms with E-state index in [9.17, 15) is 0 Å².